The Morgan fingerprint density at radius 1 is 1.12 bits per heavy atom. The number of hydrogen-bond donors (Lipinski definition) is 1. The molecule has 0 bridgehead atoms. The maximum atomic E-state index is 13.9. The van der Waals surface area contributed by atoms with Crippen LogP contribution in [0.2, 0.25) is 0 Å². The van der Waals surface area contributed by atoms with Crippen LogP contribution in [0.25, 0.3) is 0 Å². The minimum absolute atomic E-state index is 0.0899. The topological polar surface area (TPSA) is 26.0 Å². The van der Waals surface area contributed by atoms with Gasteiger partial charge >= 0.3 is 0 Å². The minimum Gasteiger partial charge on any atom is -0.321 e. The van der Waals surface area contributed by atoms with E-state index in [1.54, 1.807) is 6.92 Å². The first-order chi connectivity index (χ1) is 7.54. The van der Waals surface area contributed by atoms with E-state index in [9.17, 15) is 4.39 Å². The first-order valence-corrected chi connectivity index (χ1v) is 6.10. The predicted molar refractivity (Wildman–Crippen MR) is 64.8 cm³/mol. The molecule has 16 heavy (non-hydrogen) atoms. The van der Waals surface area contributed by atoms with Crippen molar-refractivity contribution >= 4 is 0 Å². The number of rotatable bonds is 1. The van der Waals surface area contributed by atoms with Crippen molar-refractivity contribution < 1.29 is 4.39 Å². The van der Waals surface area contributed by atoms with E-state index in [-0.39, 0.29) is 11.4 Å². The molecule has 2 N–H and O–H groups in total. The molecule has 88 valence electrons. The third-order valence-electron chi connectivity index (χ3n) is 3.86. The van der Waals surface area contributed by atoms with Gasteiger partial charge in [-0.2, -0.15) is 0 Å². The van der Waals surface area contributed by atoms with E-state index in [1.807, 2.05) is 19.1 Å². The summed E-state index contributed by atoms with van der Waals surface area (Å²) >= 11 is 0. The quantitative estimate of drug-likeness (QED) is 0.771. The molecular formula is C14H20FN. The molecule has 1 aliphatic rings. The van der Waals surface area contributed by atoms with Gasteiger partial charge in [-0.1, -0.05) is 31.4 Å². The van der Waals surface area contributed by atoms with Gasteiger partial charge in [-0.25, -0.2) is 4.39 Å². The summed E-state index contributed by atoms with van der Waals surface area (Å²) in [6, 6.07) is 3.86. The van der Waals surface area contributed by atoms with Crippen molar-refractivity contribution in [2.24, 2.45) is 5.73 Å². The SMILES string of the molecule is Cc1ccc(C2(N)CCCCC2)c(C)c1F. The highest BCUT2D eigenvalue weighted by atomic mass is 19.1. The van der Waals surface area contributed by atoms with Crippen LogP contribution < -0.4 is 5.73 Å². The molecule has 1 fully saturated rings. The van der Waals surface area contributed by atoms with Gasteiger partial charge in [0, 0.05) is 5.54 Å². The summed E-state index contributed by atoms with van der Waals surface area (Å²) in [4.78, 5) is 0. The average molecular weight is 221 g/mol. The Morgan fingerprint density at radius 2 is 1.75 bits per heavy atom. The molecule has 2 rings (SSSR count). The van der Waals surface area contributed by atoms with Crippen LogP contribution >= 0.6 is 0 Å². The van der Waals surface area contributed by atoms with Crippen LogP contribution in [0, 0.1) is 19.7 Å². The Hall–Kier alpha value is -0.890. The third-order valence-corrected chi connectivity index (χ3v) is 3.86. The first kappa shape index (κ1) is 11.6. The Morgan fingerprint density at radius 3 is 2.38 bits per heavy atom. The summed E-state index contributed by atoms with van der Waals surface area (Å²) in [6.07, 6.45) is 5.54. The van der Waals surface area contributed by atoms with Gasteiger partial charge in [-0.3, -0.25) is 0 Å². The van der Waals surface area contributed by atoms with E-state index in [4.69, 9.17) is 5.73 Å². The second kappa shape index (κ2) is 4.17. The minimum atomic E-state index is -0.295. The number of hydrogen-bond acceptors (Lipinski definition) is 1. The molecule has 1 nitrogen and oxygen atoms in total. The van der Waals surface area contributed by atoms with Crippen LogP contribution in [0.15, 0.2) is 12.1 Å². The summed E-state index contributed by atoms with van der Waals surface area (Å²) < 4.78 is 13.9. The first-order valence-electron chi connectivity index (χ1n) is 6.10. The molecule has 0 saturated heterocycles. The lowest BCUT2D eigenvalue weighted by atomic mass is 9.75. The molecule has 0 spiro atoms. The molecule has 0 aliphatic heterocycles. The second-order valence-electron chi connectivity index (χ2n) is 5.09. The molecule has 0 unspecified atom stereocenters. The maximum absolute atomic E-state index is 13.9. The van der Waals surface area contributed by atoms with E-state index < -0.39 is 0 Å². The van der Waals surface area contributed by atoms with Gasteiger partial charge in [0.1, 0.15) is 5.82 Å². The monoisotopic (exact) mass is 221 g/mol. The summed E-state index contributed by atoms with van der Waals surface area (Å²) in [5.74, 6) is -0.0899. The lowest BCUT2D eigenvalue weighted by Crippen LogP contribution is -2.39. The van der Waals surface area contributed by atoms with Crippen molar-refractivity contribution in [3.8, 4) is 0 Å². The van der Waals surface area contributed by atoms with Crippen LogP contribution in [-0.2, 0) is 5.54 Å². The number of aryl methyl sites for hydroxylation is 1. The molecule has 1 aliphatic carbocycles. The van der Waals surface area contributed by atoms with Crippen LogP contribution in [0.4, 0.5) is 4.39 Å². The summed E-state index contributed by atoms with van der Waals surface area (Å²) in [6.45, 7) is 3.65. The average Bonchev–Trinajstić information content (AvgIpc) is 2.27. The molecular weight excluding hydrogens is 201 g/mol. The van der Waals surface area contributed by atoms with Gasteiger partial charge in [0.05, 0.1) is 0 Å². The number of nitrogens with two attached hydrogens (primary N) is 1. The summed E-state index contributed by atoms with van der Waals surface area (Å²) in [5, 5.41) is 0. The van der Waals surface area contributed by atoms with Crippen LogP contribution in [0.5, 0.6) is 0 Å². The number of benzene rings is 1. The standard InChI is InChI=1S/C14H20FN/c1-10-6-7-12(11(2)13(10)15)14(16)8-4-3-5-9-14/h6-7H,3-5,8-9,16H2,1-2H3. The molecule has 0 heterocycles. The summed E-state index contributed by atoms with van der Waals surface area (Å²) in [5.41, 5.74) is 8.60. The normalized spacial score (nSPS) is 19.8. The zero-order chi connectivity index (χ0) is 11.8. The predicted octanol–water partition coefficient (Wildman–Crippen LogP) is 3.56. The fourth-order valence-corrected chi connectivity index (χ4v) is 2.81. The van der Waals surface area contributed by atoms with Crippen molar-refractivity contribution in [3.63, 3.8) is 0 Å². The molecule has 0 amide bonds. The highest BCUT2D eigenvalue weighted by molar-refractivity contribution is 5.37. The lowest BCUT2D eigenvalue weighted by Gasteiger charge is -2.35. The number of halogens is 1. The van der Waals surface area contributed by atoms with Crippen molar-refractivity contribution in [1.82, 2.24) is 0 Å². The van der Waals surface area contributed by atoms with Crippen molar-refractivity contribution in [2.45, 2.75) is 51.5 Å². The fraction of sp³-hybridized carbons (Fsp3) is 0.571. The molecule has 0 radical (unpaired) electrons. The van der Waals surface area contributed by atoms with E-state index >= 15 is 0 Å². The molecule has 0 atom stereocenters. The Bertz CT molecular complexity index is 392. The van der Waals surface area contributed by atoms with E-state index in [0.717, 1.165) is 36.8 Å². The van der Waals surface area contributed by atoms with Crippen LogP contribution in [0.3, 0.4) is 0 Å². The molecule has 0 aromatic heterocycles. The van der Waals surface area contributed by atoms with Crippen molar-refractivity contribution in [2.75, 3.05) is 0 Å². The Labute approximate surface area is 96.9 Å². The summed E-state index contributed by atoms with van der Waals surface area (Å²) in [7, 11) is 0. The molecule has 1 aromatic carbocycles. The van der Waals surface area contributed by atoms with Gasteiger partial charge < -0.3 is 5.73 Å². The van der Waals surface area contributed by atoms with Crippen molar-refractivity contribution in [1.29, 1.82) is 0 Å². The zero-order valence-corrected chi connectivity index (χ0v) is 10.1. The largest absolute Gasteiger partial charge is 0.321 e. The van der Waals surface area contributed by atoms with Gasteiger partial charge in [-0.15, -0.1) is 0 Å². The van der Waals surface area contributed by atoms with Crippen LogP contribution in [0.1, 0.15) is 48.8 Å². The van der Waals surface area contributed by atoms with Gasteiger partial charge in [0.15, 0.2) is 0 Å². The smallest absolute Gasteiger partial charge is 0.129 e. The highest BCUT2D eigenvalue weighted by Crippen LogP contribution is 2.37. The lowest BCUT2D eigenvalue weighted by molar-refractivity contribution is 0.300. The highest BCUT2D eigenvalue weighted by Gasteiger charge is 2.31. The molecule has 1 aromatic rings. The van der Waals surface area contributed by atoms with E-state index in [0.29, 0.717) is 5.56 Å². The Balaban J connectivity index is 2.43. The van der Waals surface area contributed by atoms with E-state index in [2.05, 4.69) is 0 Å². The maximum Gasteiger partial charge on any atom is 0.129 e. The van der Waals surface area contributed by atoms with Crippen molar-refractivity contribution in [3.05, 3.63) is 34.6 Å². The van der Waals surface area contributed by atoms with E-state index in [1.165, 1.54) is 6.42 Å². The fourth-order valence-electron chi connectivity index (χ4n) is 2.81. The molecule has 2 heteroatoms. The zero-order valence-electron chi connectivity index (χ0n) is 10.1. The van der Waals surface area contributed by atoms with Gasteiger partial charge in [0.2, 0.25) is 0 Å². The van der Waals surface area contributed by atoms with Crippen LogP contribution in [-0.4, -0.2) is 0 Å². The molecule has 1 saturated carbocycles. The third kappa shape index (κ3) is 1.86. The van der Waals surface area contributed by atoms with Gasteiger partial charge in [0.25, 0.3) is 0 Å². The van der Waals surface area contributed by atoms with Gasteiger partial charge in [-0.05, 0) is 43.4 Å². The second-order valence-corrected chi connectivity index (χ2v) is 5.09. The Kier molecular flexibility index (Phi) is 3.02.